The molecule has 1 aromatic carbocycles. The van der Waals surface area contributed by atoms with Gasteiger partial charge in [0.1, 0.15) is 12.2 Å². The molecule has 0 aliphatic heterocycles. The Kier molecular flexibility index (Phi) is 5.86. The molecule has 0 spiro atoms. The van der Waals surface area contributed by atoms with Crippen LogP contribution < -0.4 is 0 Å². The van der Waals surface area contributed by atoms with Gasteiger partial charge in [-0.15, -0.1) is 0 Å². The number of carboxylic acids is 1. The molecule has 1 saturated carbocycles. The van der Waals surface area contributed by atoms with Gasteiger partial charge in [-0.25, -0.2) is 9.59 Å². The van der Waals surface area contributed by atoms with E-state index in [4.69, 9.17) is 9.84 Å². The molecule has 26 heavy (non-hydrogen) atoms. The number of carbonyl (C=O) groups excluding carboxylic acids is 1. The average molecular weight is 368 g/mol. The van der Waals surface area contributed by atoms with Gasteiger partial charge in [-0.05, 0) is 24.1 Å². The Morgan fingerprint density at radius 1 is 1.19 bits per heavy atom. The Balaban J connectivity index is 1.97. The number of aliphatic hydroxyl groups is 3. The zero-order chi connectivity index (χ0) is 19.5. The van der Waals surface area contributed by atoms with Gasteiger partial charge in [0.15, 0.2) is 17.1 Å². The molecule has 0 amide bonds. The number of rotatable bonds is 5. The number of hydrogen-bond donors (Lipinski definition) is 6. The van der Waals surface area contributed by atoms with Crippen molar-refractivity contribution in [2.75, 3.05) is 0 Å². The van der Waals surface area contributed by atoms with Crippen LogP contribution in [0.2, 0.25) is 0 Å². The maximum absolute atomic E-state index is 11.8. The molecule has 0 heterocycles. The van der Waals surface area contributed by atoms with E-state index >= 15 is 0 Å². The summed E-state index contributed by atoms with van der Waals surface area (Å²) in [6.45, 7) is 0. The minimum atomic E-state index is -2.29. The van der Waals surface area contributed by atoms with Gasteiger partial charge in [0.05, 0.1) is 6.10 Å². The fraction of sp³-hybridized carbons (Fsp3) is 0.412. The molecule has 1 fully saturated rings. The highest BCUT2D eigenvalue weighted by atomic mass is 16.6. The number of aromatic hydroxyl groups is 2. The number of phenolic OH excluding ortho intramolecular Hbond substituents is 2. The fourth-order valence-electron chi connectivity index (χ4n) is 2.71. The van der Waals surface area contributed by atoms with Gasteiger partial charge in [0.2, 0.25) is 0 Å². The van der Waals surface area contributed by atoms with Crippen molar-refractivity contribution in [2.45, 2.75) is 43.2 Å². The molecule has 0 saturated heterocycles. The zero-order valence-electron chi connectivity index (χ0n) is 13.6. The van der Waals surface area contributed by atoms with Crippen LogP contribution in [0.3, 0.4) is 0 Å². The third kappa shape index (κ3) is 4.51. The molecular formula is C17H20O9. The lowest BCUT2D eigenvalue weighted by Gasteiger charge is -2.39. The fourth-order valence-corrected chi connectivity index (χ4v) is 2.71. The number of ether oxygens (including phenoxy) is 1. The molecule has 0 aromatic heterocycles. The zero-order valence-corrected chi connectivity index (χ0v) is 13.6. The first-order valence-electron chi connectivity index (χ1n) is 7.82. The number of allylic oxidation sites excluding steroid dienone is 1. The SMILES string of the molecule is O=C(/C=C/Cc1ccc(O)c(O)c1)O[C@@H]1C[C@@](O)(C(=O)O)C[C@@H](O)[C@@H]1O. The van der Waals surface area contributed by atoms with Crippen LogP contribution in [0.4, 0.5) is 0 Å². The maximum atomic E-state index is 11.8. The highest BCUT2D eigenvalue weighted by molar-refractivity contribution is 5.82. The van der Waals surface area contributed by atoms with Gasteiger partial charge in [-0.2, -0.15) is 0 Å². The Morgan fingerprint density at radius 2 is 1.88 bits per heavy atom. The van der Waals surface area contributed by atoms with Gasteiger partial charge >= 0.3 is 11.9 Å². The molecule has 6 N–H and O–H groups in total. The molecule has 9 heteroatoms. The summed E-state index contributed by atoms with van der Waals surface area (Å²) < 4.78 is 4.95. The van der Waals surface area contributed by atoms with Crippen molar-refractivity contribution in [3.8, 4) is 11.5 Å². The first kappa shape index (κ1) is 19.7. The van der Waals surface area contributed by atoms with E-state index < -0.39 is 48.7 Å². The lowest BCUT2D eigenvalue weighted by molar-refractivity contribution is -0.196. The molecule has 0 bridgehead atoms. The number of hydrogen-bond acceptors (Lipinski definition) is 8. The smallest absolute Gasteiger partial charge is 0.335 e. The Hall–Kier alpha value is -2.62. The number of benzene rings is 1. The van der Waals surface area contributed by atoms with Crippen molar-refractivity contribution < 1.29 is 45.0 Å². The van der Waals surface area contributed by atoms with Crippen molar-refractivity contribution >= 4 is 11.9 Å². The summed E-state index contributed by atoms with van der Waals surface area (Å²) >= 11 is 0. The molecular weight excluding hydrogens is 348 g/mol. The van der Waals surface area contributed by atoms with Crippen LogP contribution in [-0.4, -0.2) is 66.5 Å². The van der Waals surface area contributed by atoms with Crippen LogP contribution >= 0.6 is 0 Å². The highest BCUT2D eigenvalue weighted by Gasteiger charge is 2.50. The van der Waals surface area contributed by atoms with E-state index in [-0.39, 0.29) is 17.9 Å². The lowest BCUT2D eigenvalue weighted by atomic mass is 9.79. The Morgan fingerprint density at radius 3 is 2.50 bits per heavy atom. The third-order valence-corrected chi connectivity index (χ3v) is 4.17. The predicted molar refractivity (Wildman–Crippen MR) is 86.3 cm³/mol. The van der Waals surface area contributed by atoms with Gasteiger partial charge in [-0.1, -0.05) is 12.1 Å². The summed E-state index contributed by atoms with van der Waals surface area (Å²) in [6.07, 6.45) is -2.88. The van der Waals surface area contributed by atoms with Gasteiger partial charge in [0, 0.05) is 18.9 Å². The second-order valence-corrected chi connectivity index (χ2v) is 6.21. The first-order chi connectivity index (χ1) is 12.1. The van der Waals surface area contributed by atoms with Crippen LogP contribution in [0.5, 0.6) is 11.5 Å². The third-order valence-electron chi connectivity index (χ3n) is 4.17. The number of carboxylic acid groups (broad SMARTS) is 1. The number of aliphatic carboxylic acids is 1. The minimum absolute atomic E-state index is 0.234. The first-order valence-corrected chi connectivity index (χ1v) is 7.82. The lowest BCUT2D eigenvalue weighted by Crippen LogP contribution is -2.57. The molecule has 4 atom stereocenters. The van der Waals surface area contributed by atoms with Gasteiger partial charge in [0.25, 0.3) is 0 Å². The quantitative estimate of drug-likeness (QED) is 0.227. The summed E-state index contributed by atoms with van der Waals surface area (Å²) in [6, 6.07) is 4.15. The summed E-state index contributed by atoms with van der Waals surface area (Å²) in [7, 11) is 0. The molecule has 0 unspecified atom stereocenters. The van der Waals surface area contributed by atoms with E-state index in [0.29, 0.717) is 5.56 Å². The van der Waals surface area contributed by atoms with Crippen LogP contribution in [-0.2, 0) is 20.7 Å². The monoisotopic (exact) mass is 368 g/mol. The molecule has 142 valence electrons. The number of esters is 1. The Labute approximate surface area is 148 Å². The topological polar surface area (TPSA) is 165 Å². The van der Waals surface area contributed by atoms with Crippen LogP contribution in [0, 0.1) is 0 Å². The number of carbonyl (C=O) groups is 2. The maximum Gasteiger partial charge on any atom is 0.335 e. The second kappa shape index (κ2) is 7.73. The van der Waals surface area contributed by atoms with Gasteiger partial charge in [-0.3, -0.25) is 0 Å². The van der Waals surface area contributed by atoms with Crippen molar-refractivity contribution in [2.24, 2.45) is 0 Å². The van der Waals surface area contributed by atoms with E-state index in [2.05, 4.69) is 0 Å². The van der Waals surface area contributed by atoms with E-state index in [1.54, 1.807) is 6.07 Å². The minimum Gasteiger partial charge on any atom is -0.504 e. The molecule has 1 aromatic rings. The highest BCUT2D eigenvalue weighted by Crippen LogP contribution is 2.31. The van der Waals surface area contributed by atoms with Crippen LogP contribution in [0.25, 0.3) is 0 Å². The normalized spacial score (nSPS) is 28.8. The van der Waals surface area contributed by atoms with E-state index in [1.807, 2.05) is 0 Å². The average Bonchev–Trinajstić information content (AvgIpc) is 2.55. The molecule has 1 aliphatic carbocycles. The largest absolute Gasteiger partial charge is 0.504 e. The summed E-state index contributed by atoms with van der Waals surface area (Å²) in [5.74, 6) is -3.04. The van der Waals surface area contributed by atoms with Crippen LogP contribution in [0.1, 0.15) is 18.4 Å². The number of aliphatic hydroxyl groups excluding tert-OH is 2. The summed E-state index contributed by atoms with van der Waals surface area (Å²) in [4.78, 5) is 22.9. The van der Waals surface area contributed by atoms with E-state index in [1.165, 1.54) is 18.2 Å². The predicted octanol–water partition coefficient (Wildman–Crippen LogP) is -0.560. The van der Waals surface area contributed by atoms with Gasteiger partial charge < -0.3 is 35.4 Å². The summed E-state index contributed by atoms with van der Waals surface area (Å²) in [5, 5.41) is 57.1. The molecule has 1 aliphatic rings. The Bertz CT molecular complexity index is 714. The van der Waals surface area contributed by atoms with E-state index in [0.717, 1.165) is 6.08 Å². The van der Waals surface area contributed by atoms with Crippen molar-refractivity contribution in [1.82, 2.24) is 0 Å². The second-order valence-electron chi connectivity index (χ2n) is 6.21. The van der Waals surface area contributed by atoms with Crippen LogP contribution in [0.15, 0.2) is 30.4 Å². The molecule has 0 radical (unpaired) electrons. The van der Waals surface area contributed by atoms with Crippen molar-refractivity contribution in [3.05, 3.63) is 35.9 Å². The van der Waals surface area contributed by atoms with E-state index in [9.17, 15) is 35.1 Å². The summed E-state index contributed by atoms with van der Waals surface area (Å²) in [5.41, 5.74) is -1.69. The molecule has 9 nitrogen and oxygen atoms in total. The van der Waals surface area contributed by atoms with Crippen molar-refractivity contribution in [1.29, 1.82) is 0 Å². The van der Waals surface area contributed by atoms with Crippen molar-refractivity contribution in [3.63, 3.8) is 0 Å². The molecule has 2 rings (SSSR count). The number of phenols is 2. The standard InChI is InChI=1S/C17H20O9/c18-10-5-4-9(6-11(10)19)2-1-3-14(21)26-13-8-17(25,16(23)24)7-12(20)15(13)22/h1,3-6,12-13,15,18-20,22,25H,2,7-8H2,(H,23,24)/b3-1+/t12-,13-,15+,17-/m1/s1.